The lowest BCUT2D eigenvalue weighted by atomic mass is 9.93. The van der Waals surface area contributed by atoms with Gasteiger partial charge in [-0.2, -0.15) is 0 Å². The van der Waals surface area contributed by atoms with Crippen molar-refractivity contribution in [3.8, 4) is 17.2 Å². The van der Waals surface area contributed by atoms with Crippen molar-refractivity contribution in [3.63, 3.8) is 0 Å². The minimum Gasteiger partial charge on any atom is -0.485 e. The van der Waals surface area contributed by atoms with Crippen LogP contribution in [0, 0.1) is 19.8 Å². The average Bonchev–Trinajstić information content (AvgIpc) is 3.61. The highest BCUT2D eigenvalue weighted by atomic mass is 16.5. The van der Waals surface area contributed by atoms with Crippen molar-refractivity contribution in [2.24, 2.45) is 5.92 Å². The van der Waals surface area contributed by atoms with Crippen molar-refractivity contribution in [1.82, 2.24) is 0 Å². The average molecular weight is 690 g/mol. The quantitative estimate of drug-likeness (QED) is 0.124. The van der Waals surface area contributed by atoms with Gasteiger partial charge in [0.15, 0.2) is 17.3 Å². The van der Waals surface area contributed by atoms with Crippen molar-refractivity contribution in [2.45, 2.75) is 39.8 Å². The van der Waals surface area contributed by atoms with Crippen molar-refractivity contribution < 1.29 is 28.5 Å². The molecule has 260 valence electrons. The molecule has 0 saturated heterocycles. The molecule has 2 atom stereocenters. The fourth-order valence-corrected chi connectivity index (χ4v) is 6.14. The zero-order valence-corrected chi connectivity index (χ0v) is 29.1. The first kappa shape index (κ1) is 34.1. The lowest BCUT2D eigenvalue weighted by Crippen LogP contribution is -2.21. The minimum atomic E-state index is -0.410. The van der Waals surface area contributed by atoms with Gasteiger partial charge in [-0.1, -0.05) is 121 Å². The molecule has 7 heteroatoms. The van der Waals surface area contributed by atoms with E-state index in [2.05, 4.69) is 5.32 Å². The summed E-state index contributed by atoms with van der Waals surface area (Å²) in [4.78, 5) is 27.4. The Kier molecular flexibility index (Phi) is 10.3. The second kappa shape index (κ2) is 15.7. The molecule has 0 fully saturated rings. The summed E-state index contributed by atoms with van der Waals surface area (Å²) >= 11 is 0. The van der Waals surface area contributed by atoms with E-state index in [9.17, 15) is 9.59 Å². The normalized spacial score (nSPS) is 15.8. The molecule has 1 heterocycles. The number of ketones is 1. The fourth-order valence-electron chi connectivity index (χ4n) is 6.14. The zero-order chi connectivity index (χ0) is 35.9. The monoisotopic (exact) mass is 689 g/mol. The van der Waals surface area contributed by atoms with Crippen LogP contribution in [0.15, 0.2) is 157 Å². The van der Waals surface area contributed by atoms with Gasteiger partial charge in [0.25, 0.3) is 5.91 Å². The molecule has 0 bridgehead atoms. The number of ether oxygens (including phenoxy) is 4. The van der Waals surface area contributed by atoms with Crippen LogP contribution in [-0.4, -0.2) is 17.8 Å². The molecule has 52 heavy (non-hydrogen) atoms. The molecule has 0 spiro atoms. The molecule has 0 saturated carbocycles. The highest BCUT2D eigenvalue weighted by Crippen LogP contribution is 2.42. The Hall–Kier alpha value is -6.34. The number of hydrogen-bond acceptors (Lipinski definition) is 6. The minimum absolute atomic E-state index is 0.188. The Morgan fingerprint density at radius 3 is 1.79 bits per heavy atom. The number of fused-ring (bicyclic) bond motifs is 1. The first-order chi connectivity index (χ1) is 25.4. The van der Waals surface area contributed by atoms with Crippen molar-refractivity contribution >= 4 is 17.4 Å². The second-order valence-corrected chi connectivity index (χ2v) is 12.9. The van der Waals surface area contributed by atoms with Crippen LogP contribution in [0.2, 0.25) is 0 Å². The van der Waals surface area contributed by atoms with Gasteiger partial charge in [0, 0.05) is 22.7 Å². The number of carbonyl (C=O) groups is 2. The summed E-state index contributed by atoms with van der Waals surface area (Å²) in [5.41, 5.74) is 6.59. The predicted octanol–water partition coefficient (Wildman–Crippen LogP) is 9.26. The first-order valence-electron chi connectivity index (χ1n) is 17.3. The van der Waals surface area contributed by atoms with Crippen LogP contribution < -0.4 is 19.5 Å². The molecule has 1 N–H and O–H groups in total. The second-order valence-electron chi connectivity index (χ2n) is 12.9. The standard InChI is InChI=1S/C45H39NO6/c1-30-18-20-38(31(2)22-30)46-45(48)35-19-21-39-36(23-35)24-40(52-39)43(47)37-25-41(49-27-32-12-6-3-7-13-32)44(51-29-34-16-10-5-11-17-34)42(26-37)50-28-33-14-8-4-9-15-33/h3-26,36,39H,27-29H2,1-2H3,(H,46,48). The van der Waals surface area contributed by atoms with Crippen molar-refractivity contribution in [1.29, 1.82) is 0 Å². The van der Waals surface area contributed by atoms with Crippen LogP contribution in [0.3, 0.4) is 0 Å². The van der Waals surface area contributed by atoms with Gasteiger partial charge in [-0.15, -0.1) is 0 Å². The lowest BCUT2D eigenvalue weighted by Gasteiger charge is -2.20. The molecule has 1 amide bonds. The molecule has 5 aromatic rings. The Morgan fingerprint density at radius 2 is 1.23 bits per heavy atom. The van der Waals surface area contributed by atoms with E-state index in [0.29, 0.717) is 28.4 Å². The zero-order valence-electron chi connectivity index (χ0n) is 29.1. The number of amides is 1. The highest BCUT2D eigenvalue weighted by Gasteiger charge is 2.33. The van der Waals surface area contributed by atoms with Gasteiger partial charge in [-0.3, -0.25) is 9.59 Å². The molecule has 2 unspecified atom stereocenters. The molecule has 5 aromatic carbocycles. The van der Waals surface area contributed by atoms with Crippen LogP contribution in [0.4, 0.5) is 5.69 Å². The summed E-state index contributed by atoms with van der Waals surface area (Å²) in [5.74, 6) is 0.479. The number of aryl methyl sites for hydroxylation is 2. The van der Waals surface area contributed by atoms with Gasteiger partial charge in [0.2, 0.25) is 11.5 Å². The van der Waals surface area contributed by atoms with E-state index in [1.807, 2.05) is 135 Å². The number of anilines is 1. The maximum absolute atomic E-state index is 14.2. The maximum atomic E-state index is 14.2. The number of allylic oxidation sites excluding steroid dienone is 1. The summed E-state index contributed by atoms with van der Waals surface area (Å²) in [7, 11) is 0. The number of nitrogens with one attached hydrogen (secondary N) is 1. The van der Waals surface area contributed by atoms with Gasteiger partial charge < -0.3 is 24.3 Å². The molecule has 7 nitrogen and oxygen atoms in total. The smallest absolute Gasteiger partial charge is 0.255 e. The largest absolute Gasteiger partial charge is 0.485 e. The number of benzene rings is 5. The van der Waals surface area contributed by atoms with Gasteiger partial charge in [-0.05, 0) is 66.5 Å². The molecule has 7 rings (SSSR count). The van der Waals surface area contributed by atoms with E-state index < -0.39 is 6.10 Å². The molecule has 1 aliphatic heterocycles. The van der Waals surface area contributed by atoms with Gasteiger partial charge in [0.1, 0.15) is 25.9 Å². The van der Waals surface area contributed by atoms with Crippen LogP contribution >= 0.6 is 0 Å². The number of carbonyl (C=O) groups excluding carboxylic acids is 2. The Morgan fingerprint density at radius 1 is 0.673 bits per heavy atom. The molecular weight excluding hydrogens is 650 g/mol. The third-order valence-electron chi connectivity index (χ3n) is 8.92. The fraction of sp³-hybridized carbons (Fsp3) is 0.156. The van der Waals surface area contributed by atoms with E-state index in [1.54, 1.807) is 24.3 Å². The van der Waals surface area contributed by atoms with Crippen LogP contribution in [0.25, 0.3) is 0 Å². The molecule has 0 radical (unpaired) electrons. The summed E-state index contributed by atoms with van der Waals surface area (Å²) in [6.45, 7) is 4.76. The Balaban J connectivity index is 1.18. The molecule has 1 aliphatic carbocycles. The molecule has 0 aromatic heterocycles. The predicted molar refractivity (Wildman–Crippen MR) is 201 cm³/mol. The Labute approximate surface area is 303 Å². The van der Waals surface area contributed by atoms with Gasteiger partial charge >= 0.3 is 0 Å². The van der Waals surface area contributed by atoms with Gasteiger partial charge in [0.05, 0.1) is 0 Å². The highest BCUT2D eigenvalue weighted by molar-refractivity contribution is 6.09. The topological polar surface area (TPSA) is 83.1 Å². The number of hydrogen-bond donors (Lipinski definition) is 1. The molecular formula is C45H39NO6. The SMILES string of the molecule is Cc1ccc(NC(=O)C2=CC3C=C(C(=O)c4cc(OCc5ccccc5)c(OCc5ccccc5)c(OCc5ccccc5)c4)OC3C=C2)c(C)c1. The van der Waals surface area contributed by atoms with E-state index in [-0.39, 0.29) is 43.2 Å². The van der Waals surface area contributed by atoms with E-state index >= 15 is 0 Å². The summed E-state index contributed by atoms with van der Waals surface area (Å²) in [5, 5.41) is 3.01. The summed E-state index contributed by atoms with van der Waals surface area (Å²) < 4.78 is 25.3. The number of rotatable bonds is 13. The van der Waals surface area contributed by atoms with Crippen LogP contribution in [0.1, 0.15) is 38.2 Å². The summed E-state index contributed by atoms with van der Waals surface area (Å²) in [6.07, 6.45) is 6.77. The molecule has 2 aliphatic rings. The number of Topliss-reactive ketones (excluding diaryl/α,β-unsaturated/α-hetero) is 1. The maximum Gasteiger partial charge on any atom is 0.255 e. The van der Waals surface area contributed by atoms with Crippen molar-refractivity contribution in [2.75, 3.05) is 5.32 Å². The van der Waals surface area contributed by atoms with E-state index in [1.165, 1.54) is 0 Å². The van der Waals surface area contributed by atoms with Crippen LogP contribution in [0.5, 0.6) is 17.2 Å². The Bertz CT molecular complexity index is 2090. The van der Waals surface area contributed by atoms with E-state index in [4.69, 9.17) is 18.9 Å². The van der Waals surface area contributed by atoms with Crippen molar-refractivity contribution in [3.05, 3.63) is 190 Å². The summed E-state index contributed by atoms with van der Waals surface area (Å²) in [6, 6.07) is 38.7. The third-order valence-corrected chi connectivity index (χ3v) is 8.92. The third kappa shape index (κ3) is 8.16. The van der Waals surface area contributed by atoms with Crippen LogP contribution in [-0.2, 0) is 29.4 Å². The van der Waals surface area contributed by atoms with Gasteiger partial charge in [-0.25, -0.2) is 0 Å². The lowest BCUT2D eigenvalue weighted by molar-refractivity contribution is -0.112. The first-order valence-corrected chi connectivity index (χ1v) is 17.3. The van der Waals surface area contributed by atoms with E-state index in [0.717, 1.165) is 33.5 Å².